The molecule has 0 fully saturated rings. The fraction of sp³-hybridized carbons (Fsp3) is 0. The Morgan fingerprint density at radius 3 is 2.06 bits per heavy atom. The quantitative estimate of drug-likeness (QED) is 0.172. The third-order valence-electron chi connectivity index (χ3n) is 1.26. The molecule has 10 heteroatoms. The Morgan fingerprint density at radius 1 is 1.25 bits per heavy atom. The summed E-state index contributed by atoms with van der Waals surface area (Å²) >= 11 is 0. The molecular formula is C6H5F4N3O3. The molecule has 0 unspecified atom stereocenters. The molecule has 0 spiro atoms. The van der Waals surface area contributed by atoms with Crippen LogP contribution < -0.4 is 11.3 Å². The maximum atomic E-state index is 12.5. The van der Waals surface area contributed by atoms with E-state index in [2.05, 4.69) is 0 Å². The number of nitrogen functional groups attached to an aromatic ring is 1. The number of nitrogens with one attached hydrogen (secondary N) is 1. The van der Waals surface area contributed by atoms with Crippen molar-refractivity contribution in [3.05, 3.63) is 39.4 Å². The van der Waals surface area contributed by atoms with Crippen molar-refractivity contribution in [1.29, 1.82) is 0 Å². The van der Waals surface area contributed by atoms with Crippen molar-refractivity contribution < 1.29 is 27.9 Å². The zero-order valence-electron chi connectivity index (χ0n) is 7.38. The molecule has 0 radical (unpaired) electrons. The normalized spacial score (nSPS) is 9.06. The summed E-state index contributed by atoms with van der Waals surface area (Å²) in [5, 5.41) is 13.6. The molecule has 0 amide bonds. The minimum absolute atomic E-state index is 0.424. The summed E-state index contributed by atoms with van der Waals surface area (Å²) in [5.74, 6) is -2.09. The first-order valence-corrected chi connectivity index (χ1v) is 3.44. The Bertz CT molecular complexity index is 397. The number of benzene rings is 1. The number of nitrogens with two attached hydrogens (primary N) is 1. The van der Waals surface area contributed by atoms with Gasteiger partial charge in [-0.15, -0.1) is 10.1 Å². The summed E-state index contributed by atoms with van der Waals surface area (Å²) in [6, 6.07) is 0.424. The Morgan fingerprint density at radius 2 is 1.69 bits per heavy atom. The molecule has 0 saturated heterocycles. The fourth-order valence-corrected chi connectivity index (χ4v) is 0.678. The summed E-state index contributed by atoms with van der Waals surface area (Å²) in [6.45, 7) is 0. The minimum atomic E-state index is -1.89. The number of hydrazine groups is 1. The van der Waals surface area contributed by atoms with Gasteiger partial charge in [-0.1, -0.05) is 0 Å². The van der Waals surface area contributed by atoms with E-state index < -0.39 is 34.0 Å². The van der Waals surface area contributed by atoms with E-state index in [0.29, 0.717) is 6.07 Å². The Labute approximate surface area is 85.4 Å². The molecule has 0 bridgehead atoms. The van der Waals surface area contributed by atoms with Gasteiger partial charge in [-0.25, -0.2) is 17.6 Å². The highest BCUT2D eigenvalue weighted by Crippen LogP contribution is 2.21. The molecular weight excluding hydrogens is 238 g/mol. The summed E-state index contributed by atoms with van der Waals surface area (Å²) in [5.41, 5.74) is 1.05. The molecule has 0 aliphatic rings. The predicted octanol–water partition coefficient (Wildman–Crippen LogP) is 1.18. The summed E-state index contributed by atoms with van der Waals surface area (Å²) in [6.07, 6.45) is 0. The van der Waals surface area contributed by atoms with Crippen molar-refractivity contribution in [3.63, 3.8) is 0 Å². The van der Waals surface area contributed by atoms with E-state index in [4.69, 9.17) is 21.2 Å². The highest BCUT2D eigenvalue weighted by molar-refractivity contribution is 5.44. The topological polar surface area (TPSA) is 101 Å². The van der Waals surface area contributed by atoms with Gasteiger partial charge in [-0.2, -0.15) is 0 Å². The van der Waals surface area contributed by atoms with Crippen molar-refractivity contribution in [3.8, 4) is 0 Å². The second-order valence-corrected chi connectivity index (χ2v) is 2.23. The number of halogens is 4. The molecule has 1 aromatic carbocycles. The van der Waals surface area contributed by atoms with Gasteiger partial charge in [0.1, 0.15) is 0 Å². The monoisotopic (exact) mass is 243 g/mol. The Kier molecular flexibility index (Phi) is 4.95. The standard InChI is InChI=1S/C6H4F4N2.HNO3/c7-2-1-3(12-11)5(9)6(10)4(2)8;2-1(3)4/h1,12H,11H2;(H,2,3,4). The lowest BCUT2D eigenvalue weighted by atomic mass is 10.3. The highest BCUT2D eigenvalue weighted by atomic mass is 19.2. The second kappa shape index (κ2) is 5.70. The SMILES string of the molecule is NNc1cc(F)c(F)c(F)c1F.O=[N+]([O-])O. The molecule has 0 aliphatic heterocycles. The summed E-state index contributed by atoms with van der Waals surface area (Å²) in [4.78, 5) is 8.36. The molecule has 4 N–H and O–H groups in total. The number of hydrogen-bond donors (Lipinski definition) is 3. The van der Waals surface area contributed by atoms with E-state index in [1.165, 1.54) is 0 Å². The van der Waals surface area contributed by atoms with E-state index in [1.807, 2.05) is 0 Å². The van der Waals surface area contributed by atoms with Crippen LogP contribution in [0.4, 0.5) is 23.2 Å². The van der Waals surface area contributed by atoms with Gasteiger partial charge in [0.2, 0.25) is 0 Å². The third kappa shape index (κ3) is 3.57. The van der Waals surface area contributed by atoms with Crippen LogP contribution in [0.5, 0.6) is 0 Å². The van der Waals surface area contributed by atoms with Crippen LogP contribution in [-0.4, -0.2) is 10.3 Å². The van der Waals surface area contributed by atoms with E-state index in [1.54, 1.807) is 5.43 Å². The van der Waals surface area contributed by atoms with Crippen LogP contribution in [0.3, 0.4) is 0 Å². The van der Waals surface area contributed by atoms with Crippen LogP contribution in [0, 0.1) is 33.4 Å². The maximum Gasteiger partial charge on any atom is 0.291 e. The van der Waals surface area contributed by atoms with Crippen molar-refractivity contribution in [2.75, 3.05) is 5.43 Å². The average molecular weight is 243 g/mol. The maximum absolute atomic E-state index is 12.5. The smallest absolute Gasteiger partial charge is 0.291 e. The van der Waals surface area contributed by atoms with Gasteiger partial charge >= 0.3 is 0 Å². The molecule has 1 aromatic rings. The number of nitrogens with zero attached hydrogens (tertiary/aromatic N) is 1. The largest absolute Gasteiger partial charge is 0.328 e. The predicted molar refractivity (Wildman–Crippen MR) is 42.9 cm³/mol. The fourth-order valence-electron chi connectivity index (χ4n) is 0.678. The second-order valence-electron chi connectivity index (χ2n) is 2.23. The van der Waals surface area contributed by atoms with Gasteiger partial charge in [-0.3, -0.25) is 5.84 Å². The zero-order chi connectivity index (χ0) is 12.9. The molecule has 1 rings (SSSR count). The molecule has 0 aliphatic carbocycles. The van der Waals surface area contributed by atoms with Gasteiger partial charge in [0.25, 0.3) is 5.09 Å². The van der Waals surface area contributed by atoms with Crippen LogP contribution >= 0.6 is 0 Å². The van der Waals surface area contributed by atoms with Crippen LogP contribution in [0.15, 0.2) is 6.07 Å². The van der Waals surface area contributed by atoms with E-state index in [-0.39, 0.29) is 0 Å². The van der Waals surface area contributed by atoms with Crippen molar-refractivity contribution in [2.45, 2.75) is 0 Å². The molecule has 0 heterocycles. The van der Waals surface area contributed by atoms with Crippen LogP contribution in [0.1, 0.15) is 0 Å². The molecule has 6 nitrogen and oxygen atoms in total. The lowest BCUT2D eigenvalue weighted by molar-refractivity contribution is -0.742. The van der Waals surface area contributed by atoms with Crippen LogP contribution in [0.2, 0.25) is 0 Å². The lowest BCUT2D eigenvalue weighted by Crippen LogP contribution is -2.11. The summed E-state index contributed by atoms with van der Waals surface area (Å²) in [7, 11) is 0. The minimum Gasteiger partial charge on any atom is -0.328 e. The van der Waals surface area contributed by atoms with Crippen LogP contribution in [0.25, 0.3) is 0 Å². The number of hydrogen-bond acceptors (Lipinski definition) is 4. The molecule has 0 atom stereocenters. The van der Waals surface area contributed by atoms with E-state index in [9.17, 15) is 17.6 Å². The first-order chi connectivity index (χ1) is 7.31. The van der Waals surface area contributed by atoms with E-state index in [0.717, 1.165) is 0 Å². The Balaban J connectivity index is 0.000000487. The first kappa shape index (κ1) is 13.9. The van der Waals surface area contributed by atoms with Gasteiger partial charge in [0, 0.05) is 6.07 Å². The zero-order valence-corrected chi connectivity index (χ0v) is 7.38. The molecule has 90 valence electrons. The third-order valence-corrected chi connectivity index (χ3v) is 1.26. The van der Waals surface area contributed by atoms with Gasteiger partial charge in [-0.05, 0) is 0 Å². The van der Waals surface area contributed by atoms with Crippen molar-refractivity contribution in [1.82, 2.24) is 0 Å². The van der Waals surface area contributed by atoms with Gasteiger partial charge in [0.05, 0.1) is 5.69 Å². The number of rotatable bonds is 1. The molecule has 16 heavy (non-hydrogen) atoms. The van der Waals surface area contributed by atoms with E-state index >= 15 is 0 Å². The van der Waals surface area contributed by atoms with Gasteiger partial charge < -0.3 is 10.6 Å². The lowest BCUT2D eigenvalue weighted by Gasteiger charge is -2.03. The molecule has 0 aromatic heterocycles. The number of anilines is 1. The van der Waals surface area contributed by atoms with Crippen LogP contribution in [-0.2, 0) is 0 Å². The Hall–Kier alpha value is -2.10. The van der Waals surface area contributed by atoms with Gasteiger partial charge in [0.15, 0.2) is 23.3 Å². The summed E-state index contributed by atoms with van der Waals surface area (Å²) < 4.78 is 49.5. The average Bonchev–Trinajstić information content (AvgIpc) is 2.19. The molecule has 0 saturated carbocycles. The van der Waals surface area contributed by atoms with Crippen molar-refractivity contribution >= 4 is 5.69 Å². The first-order valence-electron chi connectivity index (χ1n) is 3.44. The van der Waals surface area contributed by atoms with Crippen molar-refractivity contribution in [2.24, 2.45) is 5.84 Å². The highest BCUT2D eigenvalue weighted by Gasteiger charge is 2.17.